The molecule has 0 aromatic carbocycles. The van der Waals surface area contributed by atoms with Gasteiger partial charge in [-0.15, -0.1) is 0 Å². The maximum atomic E-state index is 5.90. The molecule has 0 amide bonds. The highest BCUT2D eigenvalue weighted by atomic mass is 15.3. The first-order chi connectivity index (χ1) is 7.16. The first-order valence-electron chi connectivity index (χ1n) is 5.24. The van der Waals surface area contributed by atoms with Crippen molar-refractivity contribution in [3.8, 4) is 0 Å². The third-order valence-corrected chi connectivity index (χ3v) is 2.83. The Morgan fingerprint density at radius 2 is 2.00 bits per heavy atom. The number of pyridine rings is 1. The Labute approximate surface area is 89.7 Å². The molecule has 1 aromatic heterocycles. The van der Waals surface area contributed by atoms with E-state index in [1.807, 2.05) is 0 Å². The molecule has 0 bridgehead atoms. The molecule has 1 aliphatic rings. The van der Waals surface area contributed by atoms with Crippen molar-refractivity contribution < 1.29 is 4.90 Å². The van der Waals surface area contributed by atoms with Crippen molar-refractivity contribution in [1.29, 1.82) is 0 Å². The van der Waals surface area contributed by atoms with Crippen LogP contribution in [0.3, 0.4) is 0 Å². The maximum Gasteiger partial charge on any atom is 0.152 e. The molecule has 5 N–H and O–H groups in total. The molecule has 82 valence electrons. The summed E-state index contributed by atoms with van der Waals surface area (Å²) in [4.78, 5) is 8.07. The number of aromatic nitrogens is 1. The number of rotatable bonds is 1. The molecular formula is C10H18N5+. The summed E-state index contributed by atoms with van der Waals surface area (Å²) in [6.45, 7) is 4.27. The zero-order valence-corrected chi connectivity index (χ0v) is 9.03. The van der Waals surface area contributed by atoms with Crippen molar-refractivity contribution in [1.82, 2.24) is 4.98 Å². The average Bonchev–Trinajstić information content (AvgIpc) is 2.20. The second kappa shape index (κ2) is 3.94. The Hall–Kier alpha value is -1.49. The Morgan fingerprint density at radius 3 is 2.60 bits per heavy atom. The molecule has 0 radical (unpaired) electrons. The zero-order chi connectivity index (χ0) is 10.8. The van der Waals surface area contributed by atoms with Gasteiger partial charge in [0.25, 0.3) is 0 Å². The third kappa shape index (κ3) is 2.12. The predicted octanol–water partition coefficient (Wildman–Crippen LogP) is -1.42. The lowest BCUT2D eigenvalue weighted by Crippen LogP contribution is -3.12. The van der Waals surface area contributed by atoms with Crippen molar-refractivity contribution in [2.45, 2.75) is 0 Å². The van der Waals surface area contributed by atoms with E-state index in [-0.39, 0.29) is 0 Å². The lowest BCUT2D eigenvalue weighted by Gasteiger charge is -2.31. The van der Waals surface area contributed by atoms with Crippen molar-refractivity contribution in [2.24, 2.45) is 0 Å². The molecule has 0 unspecified atom stereocenters. The van der Waals surface area contributed by atoms with Gasteiger partial charge in [-0.05, 0) is 6.07 Å². The van der Waals surface area contributed by atoms with E-state index >= 15 is 0 Å². The summed E-state index contributed by atoms with van der Waals surface area (Å²) in [6.07, 6.45) is 1.66. The summed E-state index contributed by atoms with van der Waals surface area (Å²) >= 11 is 0. The van der Waals surface area contributed by atoms with E-state index in [2.05, 4.69) is 16.9 Å². The lowest BCUT2D eigenvalue weighted by atomic mass is 10.3. The fourth-order valence-electron chi connectivity index (χ4n) is 1.86. The number of nitrogen functional groups attached to an aromatic ring is 2. The van der Waals surface area contributed by atoms with Gasteiger partial charge >= 0.3 is 0 Å². The molecule has 2 rings (SSSR count). The van der Waals surface area contributed by atoms with Crippen LogP contribution < -0.4 is 21.3 Å². The quantitative estimate of drug-likeness (QED) is 0.530. The number of anilines is 3. The van der Waals surface area contributed by atoms with E-state index in [9.17, 15) is 0 Å². The van der Waals surface area contributed by atoms with Crippen LogP contribution >= 0.6 is 0 Å². The molecular weight excluding hydrogens is 190 g/mol. The van der Waals surface area contributed by atoms with Crippen LogP contribution in [0.2, 0.25) is 0 Å². The van der Waals surface area contributed by atoms with Gasteiger partial charge in [0, 0.05) is 0 Å². The van der Waals surface area contributed by atoms with Crippen LogP contribution in [0.25, 0.3) is 0 Å². The second-order valence-electron chi connectivity index (χ2n) is 4.13. The van der Waals surface area contributed by atoms with Crippen LogP contribution in [-0.4, -0.2) is 38.2 Å². The smallest absolute Gasteiger partial charge is 0.152 e. The van der Waals surface area contributed by atoms with E-state index in [1.54, 1.807) is 17.2 Å². The number of hydrogen-bond donors (Lipinski definition) is 3. The van der Waals surface area contributed by atoms with E-state index in [1.165, 1.54) is 0 Å². The predicted molar refractivity (Wildman–Crippen MR) is 61.9 cm³/mol. The van der Waals surface area contributed by atoms with Gasteiger partial charge < -0.3 is 21.3 Å². The van der Waals surface area contributed by atoms with Crippen LogP contribution in [0.4, 0.5) is 17.2 Å². The molecule has 5 nitrogen and oxygen atoms in total. The average molecular weight is 208 g/mol. The lowest BCUT2D eigenvalue weighted by molar-refractivity contribution is -0.880. The number of nitrogens with two attached hydrogens (primary N) is 2. The van der Waals surface area contributed by atoms with Gasteiger partial charge in [0.2, 0.25) is 0 Å². The van der Waals surface area contributed by atoms with E-state index < -0.39 is 0 Å². The van der Waals surface area contributed by atoms with Crippen LogP contribution in [0.5, 0.6) is 0 Å². The molecule has 1 aromatic rings. The highest BCUT2D eigenvalue weighted by Crippen LogP contribution is 2.21. The topological polar surface area (TPSA) is 72.6 Å². The fraction of sp³-hybridized carbons (Fsp3) is 0.500. The monoisotopic (exact) mass is 208 g/mol. The van der Waals surface area contributed by atoms with E-state index in [0.29, 0.717) is 11.4 Å². The summed E-state index contributed by atoms with van der Waals surface area (Å²) in [5, 5.41) is 0. The van der Waals surface area contributed by atoms with E-state index in [4.69, 9.17) is 11.5 Å². The second-order valence-corrected chi connectivity index (χ2v) is 4.13. The molecule has 0 spiro atoms. The standard InChI is InChI=1S/C10H17N5/c1-14-2-4-15(5-3-14)10-9(12)6-8(11)7-13-10/h6-7H,2-5,11-12H2,1H3/p+1. The summed E-state index contributed by atoms with van der Waals surface area (Å²) < 4.78 is 0. The number of nitrogens with zero attached hydrogens (tertiary/aromatic N) is 2. The van der Waals surface area contributed by atoms with Crippen LogP contribution in [0.1, 0.15) is 0 Å². The summed E-state index contributed by atoms with van der Waals surface area (Å²) in [6, 6.07) is 1.77. The zero-order valence-electron chi connectivity index (χ0n) is 9.03. The number of nitrogens with one attached hydrogen (secondary N) is 1. The first kappa shape index (κ1) is 10.0. The Morgan fingerprint density at radius 1 is 1.33 bits per heavy atom. The van der Waals surface area contributed by atoms with Crippen LogP contribution in [0.15, 0.2) is 12.3 Å². The Bertz CT molecular complexity index is 344. The summed E-state index contributed by atoms with van der Waals surface area (Å²) in [5.41, 5.74) is 12.8. The fourth-order valence-corrected chi connectivity index (χ4v) is 1.86. The van der Waals surface area contributed by atoms with Crippen LogP contribution in [-0.2, 0) is 0 Å². The largest absolute Gasteiger partial charge is 0.397 e. The molecule has 0 aliphatic carbocycles. The molecule has 1 saturated heterocycles. The highest BCUT2D eigenvalue weighted by molar-refractivity contribution is 5.66. The van der Waals surface area contributed by atoms with Crippen LogP contribution in [0, 0.1) is 0 Å². The van der Waals surface area contributed by atoms with Crippen molar-refractivity contribution in [2.75, 3.05) is 49.6 Å². The van der Waals surface area contributed by atoms with E-state index in [0.717, 1.165) is 32.0 Å². The van der Waals surface area contributed by atoms with Gasteiger partial charge in [0.1, 0.15) is 0 Å². The Kier molecular flexibility index (Phi) is 2.64. The number of quaternary nitrogens is 1. The van der Waals surface area contributed by atoms with Crippen molar-refractivity contribution in [3.63, 3.8) is 0 Å². The third-order valence-electron chi connectivity index (χ3n) is 2.83. The van der Waals surface area contributed by atoms with Gasteiger partial charge in [0.15, 0.2) is 5.82 Å². The minimum absolute atomic E-state index is 0.621. The van der Waals surface area contributed by atoms with Gasteiger partial charge in [-0.3, -0.25) is 0 Å². The molecule has 0 saturated carbocycles. The SMILES string of the molecule is C[NH+]1CCN(c2ncc(N)cc2N)CC1. The van der Waals surface area contributed by atoms with Gasteiger partial charge in [0.05, 0.1) is 50.8 Å². The number of hydrogen-bond acceptors (Lipinski definition) is 4. The molecule has 1 aliphatic heterocycles. The number of likely N-dealkylation sites (N-methyl/N-ethyl adjacent to an activating group) is 1. The maximum absolute atomic E-state index is 5.90. The summed E-state index contributed by atoms with van der Waals surface area (Å²) in [5.74, 6) is 0.872. The molecule has 0 atom stereocenters. The van der Waals surface area contributed by atoms with Gasteiger partial charge in [-0.1, -0.05) is 0 Å². The Balaban J connectivity index is 2.15. The highest BCUT2D eigenvalue weighted by Gasteiger charge is 2.19. The van der Waals surface area contributed by atoms with Crippen molar-refractivity contribution >= 4 is 17.2 Å². The molecule has 2 heterocycles. The minimum Gasteiger partial charge on any atom is -0.397 e. The van der Waals surface area contributed by atoms with Gasteiger partial charge in [-0.25, -0.2) is 4.98 Å². The normalized spacial score (nSPS) is 18.1. The molecule has 15 heavy (non-hydrogen) atoms. The number of piperazine rings is 1. The van der Waals surface area contributed by atoms with Crippen molar-refractivity contribution in [3.05, 3.63) is 12.3 Å². The minimum atomic E-state index is 0.621. The molecule has 1 fully saturated rings. The summed E-state index contributed by atoms with van der Waals surface area (Å²) in [7, 11) is 2.21. The molecule has 5 heteroatoms. The van der Waals surface area contributed by atoms with Gasteiger partial charge in [-0.2, -0.15) is 0 Å². The first-order valence-corrected chi connectivity index (χ1v) is 5.24.